The Bertz CT molecular complexity index is 826. The van der Waals surface area contributed by atoms with Crippen LogP contribution in [0.25, 0.3) is 0 Å². The lowest BCUT2D eigenvalue weighted by Gasteiger charge is -1.92. The third-order valence-electron chi connectivity index (χ3n) is 2.37. The summed E-state index contributed by atoms with van der Waals surface area (Å²) in [7, 11) is 2.39. The van der Waals surface area contributed by atoms with Gasteiger partial charge in [-0.2, -0.15) is 9.78 Å². The molecule has 0 aliphatic rings. The third kappa shape index (κ3) is 2.84. The average Bonchev–Trinajstić information content (AvgIpc) is 3.09. The van der Waals surface area contributed by atoms with Crippen molar-refractivity contribution in [1.82, 2.24) is 4.68 Å². The van der Waals surface area contributed by atoms with Gasteiger partial charge in [0.25, 0.3) is 0 Å². The van der Waals surface area contributed by atoms with Crippen molar-refractivity contribution in [1.29, 1.82) is 0 Å². The van der Waals surface area contributed by atoms with Gasteiger partial charge in [-0.1, -0.05) is 18.2 Å². The predicted octanol–water partition coefficient (Wildman–Crippen LogP) is 2.68. The number of furan rings is 1. The number of hydrogen-bond donors (Lipinski definition) is 0. The number of aromatic nitrogens is 1. The smallest absolute Gasteiger partial charge is 0.340 e. The molecule has 2 aromatic heterocycles. The maximum absolute atomic E-state index is 11.8. The zero-order valence-corrected chi connectivity index (χ0v) is 11.8. The molecule has 0 aliphatic heterocycles. The highest BCUT2D eigenvalue weighted by molar-refractivity contribution is 7.67. The van der Waals surface area contributed by atoms with Gasteiger partial charge in [0.2, 0.25) is 4.80 Å². The highest BCUT2D eigenvalue weighted by atomic mass is 32.9. The van der Waals surface area contributed by atoms with Crippen LogP contribution in [0.3, 0.4) is 0 Å². The third-order valence-corrected chi connectivity index (χ3v) is 4.30. The Labute approximate surface area is 121 Å². The van der Waals surface area contributed by atoms with Gasteiger partial charge >= 0.3 is 4.87 Å². The van der Waals surface area contributed by atoms with E-state index in [9.17, 15) is 4.79 Å². The number of nitrogens with zero attached hydrogens (tertiary/aromatic N) is 3. The van der Waals surface area contributed by atoms with Gasteiger partial charge in [-0.05, 0) is 44.9 Å². The maximum Gasteiger partial charge on any atom is 0.340 e. The van der Waals surface area contributed by atoms with Crippen LogP contribution in [0.1, 0.15) is 5.76 Å². The van der Waals surface area contributed by atoms with E-state index in [-0.39, 0.29) is 4.87 Å². The molecule has 0 spiro atoms. The molecule has 2 heterocycles. The number of hydrogen-bond acceptors (Lipinski definition) is 6. The van der Waals surface area contributed by atoms with Crippen LogP contribution in [0, 0.1) is 0 Å². The van der Waals surface area contributed by atoms with Gasteiger partial charge in [0.05, 0.1) is 18.2 Å². The molecule has 3 aromatic rings. The summed E-state index contributed by atoms with van der Waals surface area (Å²) in [5.41, 5.74) is 0.781. The monoisotopic (exact) mass is 303 g/mol. The Kier molecular flexibility index (Phi) is 3.71. The van der Waals surface area contributed by atoms with Crippen molar-refractivity contribution in [3.8, 4) is 0 Å². The molecule has 3 rings (SSSR count). The van der Waals surface area contributed by atoms with Crippen molar-refractivity contribution in [3.63, 3.8) is 0 Å². The molecule has 7 heteroatoms. The second-order valence-electron chi connectivity index (χ2n) is 3.73. The Morgan fingerprint density at radius 1 is 1.10 bits per heavy atom. The molecule has 0 fully saturated rings. The maximum atomic E-state index is 11.8. The summed E-state index contributed by atoms with van der Waals surface area (Å²) in [5, 5.41) is 4.12. The molecule has 1 aromatic carbocycles. The molecular formula is C13H9N3O2S2. The average molecular weight is 303 g/mol. The minimum Gasteiger partial charge on any atom is -0.463 e. The number of para-hydroxylation sites is 1. The molecule has 5 nitrogen and oxygen atoms in total. The lowest BCUT2D eigenvalue weighted by Crippen LogP contribution is -2.20. The fraction of sp³-hybridized carbons (Fsp3) is 0. The topological polar surface area (TPSA) is 59.9 Å². The molecule has 0 bridgehead atoms. The first kappa shape index (κ1) is 12.8. The molecule has 0 aliphatic carbocycles. The van der Waals surface area contributed by atoms with E-state index in [2.05, 4.69) is 10.1 Å². The summed E-state index contributed by atoms with van der Waals surface area (Å²) in [6, 6.07) is 13.0. The van der Waals surface area contributed by atoms with E-state index in [0.717, 1.165) is 16.0 Å². The van der Waals surface area contributed by atoms with Gasteiger partial charge in [-0.15, -0.1) is 0 Å². The normalized spacial score (nSPS) is 12.3. The summed E-state index contributed by atoms with van der Waals surface area (Å²) in [4.78, 5) is 16.5. The predicted molar refractivity (Wildman–Crippen MR) is 79.8 cm³/mol. The second-order valence-corrected chi connectivity index (χ2v) is 5.78. The van der Waals surface area contributed by atoms with Crippen molar-refractivity contribution in [2.24, 2.45) is 10.1 Å². The SMILES string of the molecule is O=c1ssc(=Nc2ccccc2)n1/N=C/c1ccco1. The van der Waals surface area contributed by atoms with Crippen LogP contribution in [0.5, 0.6) is 0 Å². The van der Waals surface area contributed by atoms with Crippen molar-refractivity contribution >= 4 is 32.6 Å². The van der Waals surface area contributed by atoms with E-state index in [1.165, 1.54) is 21.2 Å². The van der Waals surface area contributed by atoms with E-state index < -0.39 is 0 Å². The summed E-state index contributed by atoms with van der Waals surface area (Å²) in [6.45, 7) is 0. The first-order valence-corrected chi connectivity index (χ1v) is 7.88. The van der Waals surface area contributed by atoms with Crippen LogP contribution in [-0.4, -0.2) is 10.9 Å². The van der Waals surface area contributed by atoms with Gasteiger partial charge in [0.15, 0.2) is 0 Å². The molecule has 0 atom stereocenters. The Balaban J connectivity index is 2.02. The van der Waals surface area contributed by atoms with Crippen molar-refractivity contribution in [2.45, 2.75) is 0 Å². The van der Waals surface area contributed by atoms with Crippen LogP contribution in [0.4, 0.5) is 5.69 Å². The largest absolute Gasteiger partial charge is 0.463 e. The van der Waals surface area contributed by atoms with E-state index >= 15 is 0 Å². The van der Waals surface area contributed by atoms with E-state index in [1.807, 2.05) is 30.3 Å². The van der Waals surface area contributed by atoms with Gasteiger partial charge in [-0.25, -0.2) is 4.99 Å². The van der Waals surface area contributed by atoms with E-state index in [4.69, 9.17) is 4.42 Å². The van der Waals surface area contributed by atoms with Gasteiger partial charge < -0.3 is 4.42 Å². The summed E-state index contributed by atoms with van der Waals surface area (Å²) >= 11 is 0. The summed E-state index contributed by atoms with van der Waals surface area (Å²) in [6.07, 6.45) is 3.04. The quantitative estimate of drug-likeness (QED) is 0.551. The van der Waals surface area contributed by atoms with Crippen LogP contribution >= 0.6 is 20.7 Å². The highest BCUT2D eigenvalue weighted by Gasteiger charge is 2.01. The Morgan fingerprint density at radius 3 is 2.70 bits per heavy atom. The van der Waals surface area contributed by atoms with Gasteiger partial charge in [0.1, 0.15) is 5.76 Å². The molecule has 0 saturated carbocycles. The van der Waals surface area contributed by atoms with E-state index in [1.54, 1.807) is 18.4 Å². The lowest BCUT2D eigenvalue weighted by atomic mass is 10.3. The Hall–Kier alpha value is -2.25. The standard InChI is InChI=1S/C13H9N3O2S2/c17-13-16(14-9-11-7-4-8-18-11)12(19-20-13)15-10-5-2-1-3-6-10/h1-9H/b14-9+,15-12?. The fourth-order valence-corrected chi connectivity index (χ4v) is 3.20. The van der Waals surface area contributed by atoms with Crippen molar-refractivity contribution < 1.29 is 4.42 Å². The second kappa shape index (κ2) is 5.81. The molecule has 20 heavy (non-hydrogen) atoms. The van der Waals surface area contributed by atoms with Gasteiger partial charge in [0, 0.05) is 0 Å². The first-order chi connectivity index (χ1) is 9.83. The van der Waals surface area contributed by atoms with Crippen molar-refractivity contribution in [2.75, 3.05) is 0 Å². The molecule has 0 radical (unpaired) electrons. The highest BCUT2D eigenvalue weighted by Crippen LogP contribution is 2.09. The van der Waals surface area contributed by atoms with Gasteiger partial charge in [-0.3, -0.25) is 4.79 Å². The Morgan fingerprint density at radius 2 is 1.95 bits per heavy atom. The lowest BCUT2D eigenvalue weighted by molar-refractivity contribution is 0.559. The summed E-state index contributed by atoms with van der Waals surface area (Å²) < 4.78 is 6.41. The van der Waals surface area contributed by atoms with E-state index in [0.29, 0.717) is 10.6 Å². The molecule has 0 amide bonds. The van der Waals surface area contributed by atoms with Crippen LogP contribution in [-0.2, 0) is 0 Å². The number of benzene rings is 1. The fourth-order valence-electron chi connectivity index (χ4n) is 1.48. The minimum atomic E-state index is -0.174. The molecular weight excluding hydrogens is 294 g/mol. The molecule has 0 saturated heterocycles. The number of rotatable bonds is 3. The zero-order valence-electron chi connectivity index (χ0n) is 10.2. The van der Waals surface area contributed by atoms with Crippen LogP contribution in [0.15, 0.2) is 68.0 Å². The summed E-state index contributed by atoms with van der Waals surface area (Å²) in [5.74, 6) is 0.582. The minimum absolute atomic E-state index is 0.174. The molecule has 100 valence electrons. The van der Waals surface area contributed by atoms with Crippen molar-refractivity contribution in [3.05, 3.63) is 69.0 Å². The zero-order chi connectivity index (χ0) is 13.8. The molecule has 0 N–H and O–H groups in total. The van der Waals surface area contributed by atoms with Crippen LogP contribution in [0.2, 0.25) is 0 Å². The first-order valence-electron chi connectivity index (χ1n) is 5.73. The van der Waals surface area contributed by atoms with Crippen LogP contribution < -0.4 is 9.67 Å². The molecule has 0 unspecified atom stereocenters.